The molecule has 4 heteroatoms. The molecule has 17 heavy (non-hydrogen) atoms. The molecule has 1 aromatic heterocycles. The number of hydrogen-bond donors (Lipinski definition) is 2. The predicted octanol–water partition coefficient (Wildman–Crippen LogP) is 1.65. The van der Waals surface area contributed by atoms with E-state index >= 15 is 0 Å². The highest BCUT2D eigenvalue weighted by Gasteiger charge is 2.15. The molecule has 0 bridgehead atoms. The first kappa shape index (κ1) is 14.2. The van der Waals surface area contributed by atoms with Gasteiger partial charge in [0.2, 0.25) is 0 Å². The molecule has 0 spiro atoms. The smallest absolute Gasteiger partial charge is 0.0694 e. The number of aliphatic hydroxyl groups is 1. The number of aliphatic hydroxyl groups excluding tert-OH is 1. The topological polar surface area (TPSA) is 50.1 Å². The van der Waals surface area contributed by atoms with Crippen LogP contribution >= 0.6 is 0 Å². The molecule has 0 saturated carbocycles. The quantitative estimate of drug-likeness (QED) is 0.793. The number of hydrogen-bond acceptors (Lipinski definition) is 3. The number of aryl methyl sites for hydroxylation is 1. The molecule has 0 unspecified atom stereocenters. The third kappa shape index (κ3) is 3.82. The van der Waals surface area contributed by atoms with E-state index in [9.17, 15) is 5.11 Å². The van der Waals surface area contributed by atoms with E-state index < -0.39 is 0 Å². The Labute approximate surface area is 104 Å². The van der Waals surface area contributed by atoms with E-state index in [1.54, 1.807) is 0 Å². The van der Waals surface area contributed by atoms with Gasteiger partial charge in [-0.05, 0) is 11.8 Å². The summed E-state index contributed by atoms with van der Waals surface area (Å²) in [6, 6.07) is 0.148. The fourth-order valence-electron chi connectivity index (χ4n) is 1.93. The molecule has 1 aromatic rings. The van der Waals surface area contributed by atoms with Crippen LogP contribution < -0.4 is 5.32 Å². The van der Waals surface area contributed by atoms with Gasteiger partial charge in [-0.1, -0.05) is 27.7 Å². The van der Waals surface area contributed by atoms with Crippen molar-refractivity contribution in [2.45, 2.75) is 46.2 Å². The van der Waals surface area contributed by atoms with E-state index in [-0.39, 0.29) is 12.6 Å². The standard InChI is InChI=1S/C13H25N3O/c1-9(2)12(8-17)14-6-11-7-16(5)15-13(11)10(3)4/h7,9-10,12,14,17H,6,8H2,1-5H3/t12-/m1/s1. The summed E-state index contributed by atoms with van der Waals surface area (Å²) in [5.74, 6) is 0.860. The lowest BCUT2D eigenvalue weighted by atomic mass is 10.0. The number of rotatable bonds is 6. The molecule has 0 aromatic carbocycles. The number of nitrogens with one attached hydrogen (secondary N) is 1. The van der Waals surface area contributed by atoms with Crippen LogP contribution in [0.3, 0.4) is 0 Å². The van der Waals surface area contributed by atoms with Gasteiger partial charge < -0.3 is 10.4 Å². The highest BCUT2D eigenvalue weighted by molar-refractivity contribution is 5.20. The van der Waals surface area contributed by atoms with Crippen molar-refractivity contribution in [2.24, 2.45) is 13.0 Å². The van der Waals surface area contributed by atoms with E-state index in [2.05, 4.69) is 44.3 Å². The Balaban J connectivity index is 2.68. The monoisotopic (exact) mass is 239 g/mol. The Morgan fingerprint density at radius 3 is 2.47 bits per heavy atom. The van der Waals surface area contributed by atoms with E-state index in [0.717, 1.165) is 12.2 Å². The summed E-state index contributed by atoms with van der Waals surface area (Å²) < 4.78 is 1.86. The minimum absolute atomic E-state index is 0.148. The zero-order valence-corrected chi connectivity index (χ0v) is 11.6. The normalized spacial score (nSPS) is 13.6. The highest BCUT2D eigenvalue weighted by Crippen LogP contribution is 2.17. The zero-order valence-electron chi connectivity index (χ0n) is 11.6. The lowest BCUT2D eigenvalue weighted by Gasteiger charge is -2.20. The first-order valence-electron chi connectivity index (χ1n) is 6.32. The third-order valence-electron chi connectivity index (χ3n) is 3.04. The summed E-state index contributed by atoms with van der Waals surface area (Å²) in [5, 5.41) is 17.1. The van der Waals surface area contributed by atoms with Gasteiger partial charge in [-0.25, -0.2) is 0 Å². The minimum atomic E-state index is 0.148. The van der Waals surface area contributed by atoms with Gasteiger partial charge in [0, 0.05) is 31.4 Å². The van der Waals surface area contributed by atoms with Crippen molar-refractivity contribution in [3.05, 3.63) is 17.5 Å². The van der Waals surface area contributed by atoms with Crippen molar-refractivity contribution in [2.75, 3.05) is 6.61 Å². The van der Waals surface area contributed by atoms with Crippen LogP contribution in [0.2, 0.25) is 0 Å². The molecule has 0 aliphatic rings. The minimum Gasteiger partial charge on any atom is -0.395 e. The fraction of sp³-hybridized carbons (Fsp3) is 0.769. The summed E-state index contributed by atoms with van der Waals surface area (Å²) in [6.07, 6.45) is 2.05. The molecule has 1 atom stereocenters. The molecule has 98 valence electrons. The van der Waals surface area contributed by atoms with Crippen molar-refractivity contribution in [3.63, 3.8) is 0 Å². The van der Waals surface area contributed by atoms with Gasteiger partial charge in [0.25, 0.3) is 0 Å². The maximum Gasteiger partial charge on any atom is 0.0694 e. The van der Waals surface area contributed by atoms with Gasteiger partial charge in [-0.2, -0.15) is 5.10 Å². The van der Waals surface area contributed by atoms with Gasteiger partial charge in [0.1, 0.15) is 0 Å². The van der Waals surface area contributed by atoms with E-state index in [4.69, 9.17) is 0 Å². The zero-order chi connectivity index (χ0) is 13.0. The Morgan fingerprint density at radius 1 is 1.35 bits per heavy atom. The second kappa shape index (κ2) is 6.17. The van der Waals surface area contributed by atoms with Crippen LogP contribution in [0.4, 0.5) is 0 Å². The van der Waals surface area contributed by atoms with Crippen molar-refractivity contribution in [1.82, 2.24) is 15.1 Å². The van der Waals surface area contributed by atoms with Gasteiger partial charge in [-0.3, -0.25) is 4.68 Å². The Morgan fingerprint density at radius 2 is 2.00 bits per heavy atom. The summed E-state index contributed by atoms with van der Waals surface area (Å²) >= 11 is 0. The van der Waals surface area contributed by atoms with Crippen molar-refractivity contribution in [1.29, 1.82) is 0 Å². The third-order valence-corrected chi connectivity index (χ3v) is 3.04. The molecule has 1 rings (SSSR count). The molecule has 1 heterocycles. The first-order valence-corrected chi connectivity index (χ1v) is 6.32. The summed E-state index contributed by atoms with van der Waals surface area (Å²) in [5.41, 5.74) is 2.36. The first-order chi connectivity index (χ1) is 7.95. The van der Waals surface area contributed by atoms with E-state index in [1.807, 2.05) is 11.7 Å². The van der Waals surface area contributed by atoms with Crippen molar-refractivity contribution < 1.29 is 5.11 Å². The second-order valence-corrected chi connectivity index (χ2v) is 5.28. The maximum atomic E-state index is 9.27. The second-order valence-electron chi connectivity index (χ2n) is 5.28. The van der Waals surface area contributed by atoms with Crippen LogP contribution in [0.5, 0.6) is 0 Å². The lowest BCUT2D eigenvalue weighted by molar-refractivity contribution is 0.210. The van der Waals surface area contributed by atoms with Crippen LogP contribution in [-0.4, -0.2) is 27.5 Å². The molecular formula is C13H25N3O. The number of aromatic nitrogens is 2. The van der Waals surface area contributed by atoms with Crippen LogP contribution in [0.15, 0.2) is 6.20 Å². The molecule has 0 saturated heterocycles. The van der Waals surface area contributed by atoms with Crippen LogP contribution in [0, 0.1) is 5.92 Å². The van der Waals surface area contributed by atoms with Crippen LogP contribution in [0.1, 0.15) is 44.9 Å². The number of nitrogens with zero attached hydrogens (tertiary/aromatic N) is 2. The summed E-state index contributed by atoms with van der Waals surface area (Å²) in [7, 11) is 1.95. The molecular weight excluding hydrogens is 214 g/mol. The fourth-order valence-corrected chi connectivity index (χ4v) is 1.93. The van der Waals surface area contributed by atoms with Crippen LogP contribution in [0.25, 0.3) is 0 Å². The molecule has 0 aliphatic heterocycles. The average molecular weight is 239 g/mol. The highest BCUT2D eigenvalue weighted by atomic mass is 16.3. The summed E-state index contributed by atoms with van der Waals surface area (Å²) in [6.45, 7) is 9.47. The van der Waals surface area contributed by atoms with Crippen LogP contribution in [-0.2, 0) is 13.6 Å². The van der Waals surface area contributed by atoms with Gasteiger partial charge in [-0.15, -0.1) is 0 Å². The van der Waals surface area contributed by atoms with Gasteiger partial charge >= 0.3 is 0 Å². The Hall–Kier alpha value is -0.870. The molecule has 0 radical (unpaired) electrons. The van der Waals surface area contributed by atoms with Gasteiger partial charge in [0.05, 0.1) is 12.3 Å². The largest absolute Gasteiger partial charge is 0.395 e. The lowest BCUT2D eigenvalue weighted by Crippen LogP contribution is -2.36. The average Bonchev–Trinajstić information content (AvgIpc) is 2.60. The molecule has 4 nitrogen and oxygen atoms in total. The molecule has 0 aliphatic carbocycles. The van der Waals surface area contributed by atoms with Crippen molar-refractivity contribution in [3.8, 4) is 0 Å². The maximum absolute atomic E-state index is 9.27. The molecule has 0 amide bonds. The molecule has 2 N–H and O–H groups in total. The SMILES string of the molecule is CC(C)c1nn(C)cc1CN[C@H](CO)C(C)C. The molecule has 0 fully saturated rings. The predicted molar refractivity (Wildman–Crippen MR) is 69.8 cm³/mol. The Bertz CT molecular complexity index is 344. The van der Waals surface area contributed by atoms with Crippen molar-refractivity contribution >= 4 is 0 Å². The van der Waals surface area contributed by atoms with E-state index in [1.165, 1.54) is 5.56 Å². The summed E-state index contributed by atoms with van der Waals surface area (Å²) in [4.78, 5) is 0. The Kier molecular flexibility index (Phi) is 5.15. The van der Waals surface area contributed by atoms with Gasteiger partial charge in [0.15, 0.2) is 0 Å². The van der Waals surface area contributed by atoms with E-state index in [0.29, 0.717) is 11.8 Å².